The molecule has 0 saturated carbocycles. The second-order valence-corrected chi connectivity index (χ2v) is 7.53. The molecule has 0 aliphatic heterocycles. The van der Waals surface area contributed by atoms with Crippen LogP contribution < -0.4 is 10.0 Å². The van der Waals surface area contributed by atoms with E-state index in [1.54, 1.807) is 44.2 Å². The Hall–Kier alpha value is -2.32. The third kappa shape index (κ3) is 5.61. The molecule has 0 aliphatic carbocycles. The first-order valence-corrected chi connectivity index (χ1v) is 9.43. The van der Waals surface area contributed by atoms with Crippen molar-refractivity contribution in [3.63, 3.8) is 0 Å². The Labute approximate surface area is 148 Å². The molecule has 0 fully saturated rings. The van der Waals surface area contributed by atoms with Crippen LogP contribution in [0.5, 0.6) is 0 Å². The van der Waals surface area contributed by atoms with Crippen LogP contribution in [0.2, 0.25) is 0 Å². The van der Waals surface area contributed by atoms with Crippen molar-refractivity contribution in [2.75, 3.05) is 13.1 Å². The van der Waals surface area contributed by atoms with Crippen LogP contribution in [0.3, 0.4) is 0 Å². The van der Waals surface area contributed by atoms with E-state index in [1.807, 2.05) is 6.92 Å². The number of rotatable bonds is 7. The first kappa shape index (κ1) is 19.0. The molecule has 0 spiro atoms. The van der Waals surface area contributed by atoms with Gasteiger partial charge in [-0.2, -0.15) is 0 Å². The molecule has 2 aromatic rings. The van der Waals surface area contributed by atoms with Crippen molar-refractivity contribution in [2.24, 2.45) is 0 Å². The van der Waals surface area contributed by atoms with E-state index in [9.17, 15) is 13.2 Å². The van der Waals surface area contributed by atoms with Gasteiger partial charge in [-0.1, -0.05) is 17.7 Å². The van der Waals surface area contributed by atoms with Crippen molar-refractivity contribution >= 4 is 15.9 Å². The summed E-state index contributed by atoms with van der Waals surface area (Å²) in [7, 11) is -3.52. The number of sulfonamides is 1. The Kier molecular flexibility index (Phi) is 6.22. The molecule has 25 heavy (non-hydrogen) atoms. The van der Waals surface area contributed by atoms with E-state index in [4.69, 9.17) is 0 Å². The maximum absolute atomic E-state index is 12.1. The molecule has 134 valence electrons. The summed E-state index contributed by atoms with van der Waals surface area (Å²) in [4.78, 5) is 20.5. The SMILES string of the molecule is Cc1ccc(S(=O)(=O)NCCCNC(=O)c2cc(C)nc(C)n2)cc1. The van der Waals surface area contributed by atoms with Crippen LogP contribution in [0.25, 0.3) is 0 Å². The highest BCUT2D eigenvalue weighted by Crippen LogP contribution is 2.09. The summed E-state index contributed by atoms with van der Waals surface area (Å²) >= 11 is 0. The number of benzene rings is 1. The lowest BCUT2D eigenvalue weighted by atomic mass is 10.2. The van der Waals surface area contributed by atoms with Crippen LogP contribution in [-0.2, 0) is 10.0 Å². The fourth-order valence-corrected chi connectivity index (χ4v) is 3.30. The van der Waals surface area contributed by atoms with E-state index in [-0.39, 0.29) is 17.3 Å². The summed E-state index contributed by atoms with van der Waals surface area (Å²) in [6.07, 6.45) is 0.472. The molecule has 0 radical (unpaired) electrons. The zero-order valence-corrected chi connectivity index (χ0v) is 15.4. The van der Waals surface area contributed by atoms with Gasteiger partial charge in [0, 0.05) is 18.8 Å². The average molecular weight is 362 g/mol. The second-order valence-electron chi connectivity index (χ2n) is 5.76. The molecule has 7 nitrogen and oxygen atoms in total. The van der Waals surface area contributed by atoms with Crippen LogP contribution >= 0.6 is 0 Å². The van der Waals surface area contributed by atoms with Crippen molar-refractivity contribution < 1.29 is 13.2 Å². The van der Waals surface area contributed by atoms with Crippen molar-refractivity contribution in [3.05, 3.63) is 53.1 Å². The van der Waals surface area contributed by atoms with Gasteiger partial charge in [-0.25, -0.2) is 23.1 Å². The topological polar surface area (TPSA) is 101 Å². The van der Waals surface area contributed by atoms with E-state index in [2.05, 4.69) is 20.0 Å². The number of aryl methyl sites for hydroxylation is 3. The Morgan fingerprint density at radius 3 is 2.36 bits per heavy atom. The minimum atomic E-state index is -3.52. The maximum Gasteiger partial charge on any atom is 0.270 e. The molecule has 0 saturated heterocycles. The van der Waals surface area contributed by atoms with Gasteiger partial charge in [-0.3, -0.25) is 4.79 Å². The van der Waals surface area contributed by atoms with Crippen molar-refractivity contribution in [3.8, 4) is 0 Å². The van der Waals surface area contributed by atoms with Crippen LogP contribution in [0.1, 0.15) is 34.0 Å². The van der Waals surface area contributed by atoms with Gasteiger partial charge in [0.05, 0.1) is 4.90 Å². The van der Waals surface area contributed by atoms with Crippen molar-refractivity contribution in [2.45, 2.75) is 32.1 Å². The van der Waals surface area contributed by atoms with Gasteiger partial charge < -0.3 is 5.32 Å². The highest BCUT2D eigenvalue weighted by atomic mass is 32.2. The lowest BCUT2D eigenvalue weighted by Crippen LogP contribution is -2.30. The summed E-state index contributed by atoms with van der Waals surface area (Å²) in [5.74, 6) is 0.242. The first-order valence-electron chi connectivity index (χ1n) is 7.95. The summed E-state index contributed by atoms with van der Waals surface area (Å²) in [6.45, 7) is 6.00. The number of aromatic nitrogens is 2. The summed E-state index contributed by atoms with van der Waals surface area (Å²) in [6, 6.07) is 8.25. The molecule has 1 aromatic carbocycles. The highest BCUT2D eigenvalue weighted by Gasteiger charge is 2.13. The Balaban J connectivity index is 1.79. The van der Waals surface area contributed by atoms with Gasteiger partial charge in [-0.05, 0) is 45.4 Å². The maximum atomic E-state index is 12.1. The molecular weight excluding hydrogens is 340 g/mol. The molecule has 1 amide bonds. The standard InChI is InChI=1S/C17H22N4O3S/c1-12-5-7-15(8-6-12)25(23,24)19-10-4-9-18-17(22)16-11-13(2)20-14(3)21-16/h5-8,11,19H,4,9-10H2,1-3H3,(H,18,22). The predicted octanol–water partition coefficient (Wildman–Crippen LogP) is 1.50. The van der Waals surface area contributed by atoms with E-state index < -0.39 is 10.0 Å². The van der Waals surface area contributed by atoms with E-state index in [0.717, 1.165) is 11.3 Å². The minimum Gasteiger partial charge on any atom is -0.351 e. The zero-order valence-electron chi connectivity index (χ0n) is 14.5. The summed E-state index contributed by atoms with van der Waals surface area (Å²) in [5, 5.41) is 2.72. The van der Waals surface area contributed by atoms with Gasteiger partial charge in [0.2, 0.25) is 10.0 Å². The number of nitrogens with zero attached hydrogens (tertiary/aromatic N) is 2. The van der Waals surface area contributed by atoms with Crippen molar-refractivity contribution in [1.82, 2.24) is 20.0 Å². The van der Waals surface area contributed by atoms with Crippen LogP contribution in [0, 0.1) is 20.8 Å². The molecular formula is C17H22N4O3S. The Morgan fingerprint density at radius 2 is 1.72 bits per heavy atom. The minimum absolute atomic E-state index is 0.231. The second kappa shape index (κ2) is 8.17. The summed E-state index contributed by atoms with van der Waals surface area (Å²) in [5.41, 5.74) is 2.03. The number of carbonyl (C=O) groups excluding carboxylic acids is 1. The third-order valence-electron chi connectivity index (χ3n) is 3.46. The first-order chi connectivity index (χ1) is 11.8. The number of carbonyl (C=O) groups is 1. The molecule has 0 aliphatic rings. The van der Waals surface area contributed by atoms with Crippen molar-refractivity contribution in [1.29, 1.82) is 0 Å². The van der Waals surface area contributed by atoms with Crippen LogP contribution in [0.15, 0.2) is 35.2 Å². The van der Waals surface area contributed by atoms with Crippen LogP contribution in [-0.4, -0.2) is 37.4 Å². The molecule has 1 heterocycles. The molecule has 2 rings (SSSR count). The van der Waals surface area contributed by atoms with E-state index in [1.165, 1.54) is 0 Å². The number of amides is 1. The van der Waals surface area contributed by atoms with Gasteiger partial charge in [-0.15, -0.1) is 0 Å². The normalized spacial score (nSPS) is 11.3. The molecule has 8 heteroatoms. The lowest BCUT2D eigenvalue weighted by Gasteiger charge is -2.08. The number of hydrogen-bond donors (Lipinski definition) is 2. The fourth-order valence-electron chi connectivity index (χ4n) is 2.22. The smallest absolute Gasteiger partial charge is 0.270 e. The summed E-state index contributed by atoms with van der Waals surface area (Å²) < 4.78 is 26.8. The van der Waals surface area contributed by atoms with Gasteiger partial charge in [0.1, 0.15) is 11.5 Å². The van der Waals surface area contributed by atoms with Gasteiger partial charge in [0.15, 0.2) is 0 Å². The monoisotopic (exact) mass is 362 g/mol. The Morgan fingerprint density at radius 1 is 1.04 bits per heavy atom. The number of hydrogen-bond acceptors (Lipinski definition) is 5. The fraction of sp³-hybridized carbons (Fsp3) is 0.353. The number of nitrogens with one attached hydrogen (secondary N) is 2. The van der Waals surface area contributed by atoms with E-state index in [0.29, 0.717) is 24.5 Å². The Bertz CT molecular complexity index is 828. The average Bonchev–Trinajstić information content (AvgIpc) is 2.53. The van der Waals surface area contributed by atoms with Gasteiger partial charge in [0.25, 0.3) is 5.91 Å². The zero-order chi connectivity index (χ0) is 18.4. The molecule has 1 aromatic heterocycles. The molecule has 0 atom stereocenters. The third-order valence-corrected chi connectivity index (χ3v) is 4.94. The molecule has 0 bridgehead atoms. The largest absolute Gasteiger partial charge is 0.351 e. The van der Waals surface area contributed by atoms with Crippen LogP contribution in [0.4, 0.5) is 0 Å². The quantitative estimate of drug-likeness (QED) is 0.727. The molecule has 2 N–H and O–H groups in total. The predicted molar refractivity (Wildman–Crippen MR) is 94.8 cm³/mol. The van der Waals surface area contributed by atoms with Gasteiger partial charge >= 0.3 is 0 Å². The molecule has 0 unspecified atom stereocenters. The lowest BCUT2D eigenvalue weighted by molar-refractivity contribution is 0.0948. The highest BCUT2D eigenvalue weighted by molar-refractivity contribution is 7.89. The van der Waals surface area contributed by atoms with E-state index >= 15 is 0 Å².